The van der Waals surface area contributed by atoms with Gasteiger partial charge in [-0.15, -0.1) is 0 Å². The van der Waals surface area contributed by atoms with Gasteiger partial charge in [0.05, 0.1) is 12.7 Å². The van der Waals surface area contributed by atoms with Crippen LogP contribution in [0.3, 0.4) is 0 Å². The fourth-order valence-corrected chi connectivity index (χ4v) is 1.96. The highest BCUT2D eigenvalue weighted by molar-refractivity contribution is 4.77. The highest BCUT2D eigenvalue weighted by Crippen LogP contribution is 2.18. The summed E-state index contributed by atoms with van der Waals surface area (Å²) in [4.78, 5) is 0. The van der Waals surface area contributed by atoms with Gasteiger partial charge in [-0.3, -0.25) is 0 Å². The van der Waals surface area contributed by atoms with Crippen molar-refractivity contribution >= 4 is 0 Å². The molecule has 14 heavy (non-hydrogen) atoms. The molecule has 3 atom stereocenters. The molecule has 3 unspecified atom stereocenters. The van der Waals surface area contributed by atoms with Crippen LogP contribution in [0.25, 0.3) is 0 Å². The van der Waals surface area contributed by atoms with Crippen LogP contribution in [0.1, 0.15) is 27.2 Å². The molecule has 0 aromatic carbocycles. The monoisotopic (exact) mass is 200 g/mol. The molecule has 0 aromatic heterocycles. The van der Waals surface area contributed by atoms with Gasteiger partial charge in [0.25, 0.3) is 0 Å². The average molecular weight is 200 g/mol. The molecule has 1 fully saturated rings. The van der Waals surface area contributed by atoms with E-state index in [4.69, 9.17) is 10.5 Å². The Hall–Kier alpha value is -0.120. The Labute approximate surface area is 87.4 Å². The van der Waals surface area contributed by atoms with Crippen molar-refractivity contribution in [3.05, 3.63) is 0 Å². The minimum Gasteiger partial charge on any atom is -0.378 e. The molecule has 1 saturated heterocycles. The van der Waals surface area contributed by atoms with Crippen LogP contribution in [0.5, 0.6) is 0 Å². The summed E-state index contributed by atoms with van der Waals surface area (Å²) in [6.45, 7) is 9.23. The van der Waals surface area contributed by atoms with E-state index in [1.807, 2.05) is 0 Å². The molecule has 3 heteroatoms. The second kappa shape index (κ2) is 5.69. The molecule has 0 bridgehead atoms. The van der Waals surface area contributed by atoms with Gasteiger partial charge in [0, 0.05) is 19.1 Å². The van der Waals surface area contributed by atoms with Crippen molar-refractivity contribution in [3.8, 4) is 0 Å². The molecule has 0 aromatic rings. The largest absolute Gasteiger partial charge is 0.378 e. The summed E-state index contributed by atoms with van der Waals surface area (Å²) in [5, 5.41) is 3.53. The number of hydrogen-bond acceptors (Lipinski definition) is 3. The summed E-state index contributed by atoms with van der Waals surface area (Å²) < 4.78 is 5.52. The van der Waals surface area contributed by atoms with Crippen LogP contribution >= 0.6 is 0 Å². The van der Waals surface area contributed by atoms with Crippen molar-refractivity contribution < 1.29 is 4.74 Å². The lowest BCUT2D eigenvalue weighted by Crippen LogP contribution is -2.42. The lowest BCUT2D eigenvalue weighted by atomic mass is 10.0. The minimum absolute atomic E-state index is 0.442. The van der Waals surface area contributed by atoms with E-state index in [1.54, 1.807) is 0 Å². The molecule has 0 radical (unpaired) electrons. The van der Waals surface area contributed by atoms with Crippen molar-refractivity contribution in [2.45, 2.75) is 39.3 Å². The summed E-state index contributed by atoms with van der Waals surface area (Å²) in [7, 11) is 0. The van der Waals surface area contributed by atoms with Crippen LogP contribution < -0.4 is 11.1 Å². The zero-order chi connectivity index (χ0) is 10.6. The van der Waals surface area contributed by atoms with Crippen molar-refractivity contribution in [1.82, 2.24) is 5.32 Å². The van der Waals surface area contributed by atoms with Gasteiger partial charge in [-0.2, -0.15) is 0 Å². The number of rotatable bonds is 5. The van der Waals surface area contributed by atoms with E-state index in [0.717, 1.165) is 19.7 Å². The highest BCUT2D eigenvalue weighted by Gasteiger charge is 2.22. The Morgan fingerprint density at radius 2 is 2.21 bits per heavy atom. The molecule has 1 aliphatic rings. The van der Waals surface area contributed by atoms with E-state index < -0.39 is 0 Å². The Morgan fingerprint density at radius 1 is 1.50 bits per heavy atom. The first-order valence-electron chi connectivity index (χ1n) is 5.68. The zero-order valence-corrected chi connectivity index (χ0v) is 9.62. The molecule has 0 aliphatic carbocycles. The van der Waals surface area contributed by atoms with Crippen LogP contribution in [0.2, 0.25) is 0 Å². The number of nitrogens with two attached hydrogens (primary N) is 1. The third-order valence-electron chi connectivity index (χ3n) is 3.01. The van der Waals surface area contributed by atoms with Gasteiger partial charge in [-0.05, 0) is 25.2 Å². The Kier molecular flexibility index (Phi) is 4.85. The Bertz CT molecular complexity index is 161. The van der Waals surface area contributed by atoms with E-state index in [2.05, 4.69) is 26.1 Å². The number of hydrogen-bond donors (Lipinski definition) is 2. The van der Waals surface area contributed by atoms with Gasteiger partial charge < -0.3 is 15.8 Å². The smallest absolute Gasteiger partial charge is 0.0551 e. The maximum absolute atomic E-state index is 5.69. The van der Waals surface area contributed by atoms with Gasteiger partial charge >= 0.3 is 0 Å². The molecule has 3 N–H and O–H groups in total. The number of nitrogens with one attached hydrogen (secondary N) is 1. The summed E-state index contributed by atoms with van der Waals surface area (Å²) in [6.07, 6.45) is 1.62. The molecule has 3 nitrogen and oxygen atoms in total. The van der Waals surface area contributed by atoms with Crippen LogP contribution in [-0.2, 0) is 4.74 Å². The van der Waals surface area contributed by atoms with E-state index in [9.17, 15) is 0 Å². The first-order chi connectivity index (χ1) is 6.63. The minimum atomic E-state index is 0.442. The van der Waals surface area contributed by atoms with Gasteiger partial charge in [-0.25, -0.2) is 0 Å². The summed E-state index contributed by atoms with van der Waals surface area (Å²) in [5.74, 6) is 1.29. The van der Waals surface area contributed by atoms with Gasteiger partial charge in [0.2, 0.25) is 0 Å². The standard InChI is InChI=1S/C11H24N2O/c1-8(2)11(5-12)13-6-10-4-9(3)14-7-10/h8-11,13H,4-7,12H2,1-3H3. The van der Waals surface area contributed by atoms with Crippen molar-refractivity contribution in [2.24, 2.45) is 17.6 Å². The van der Waals surface area contributed by atoms with Gasteiger partial charge in [-0.1, -0.05) is 13.8 Å². The Morgan fingerprint density at radius 3 is 2.64 bits per heavy atom. The number of ether oxygens (including phenoxy) is 1. The molecular formula is C11H24N2O. The quantitative estimate of drug-likeness (QED) is 0.695. The van der Waals surface area contributed by atoms with E-state index in [1.165, 1.54) is 6.42 Å². The van der Waals surface area contributed by atoms with E-state index >= 15 is 0 Å². The van der Waals surface area contributed by atoms with Crippen LogP contribution in [0, 0.1) is 11.8 Å². The molecular weight excluding hydrogens is 176 g/mol. The van der Waals surface area contributed by atoms with E-state index in [0.29, 0.717) is 24.0 Å². The van der Waals surface area contributed by atoms with Crippen LogP contribution in [0.15, 0.2) is 0 Å². The molecule has 1 aliphatic heterocycles. The first-order valence-corrected chi connectivity index (χ1v) is 5.68. The zero-order valence-electron chi connectivity index (χ0n) is 9.62. The fourth-order valence-electron chi connectivity index (χ4n) is 1.96. The maximum Gasteiger partial charge on any atom is 0.0551 e. The first kappa shape index (κ1) is 12.0. The molecule has 1 heterocycles. The summed E-state index contributed by atoms with van der Waals surface area (Å²) in [6, 6.07) is 0.450. The summed E-state index contributed by atoms with van der Waals surface area (Å²) >= 11 is 0. The van der Waals surface area contributed by atoms with Crippen molar-refractivity contribution in [3.63, 3.8) is 0 Å². The predicted octanol–water partition coefficient (Wildman–Crippen LogP) is 0.984. The lowest BCUT2D eigenvalue weighted by molar-refractivity contribution is 0.119. The van der Waals surface area contributed by atoms with Crippen molar-refractivity contribution in [1.29, 1.82) is 0 Å². The molecule has 0 saturated carbocycles. The highest BCUT2D eigenvalue weighted by atomic mass is 16.5. The summed E-state index contributed by atoms with van der Waals surface area (Å²) in [5.41, 5.74) is 5.69. The third kappa shape index (κ3) is 3.56. The fraction of sp³-hybridized carbons (Fsp3) is 1.00. The molecule has 84 valence electrons. The molecule has 1 rings (SSSR count). The third-order valence-corrected chi connectivity index (χ3v) is 3.01. The second-order valence-corrected chi connectivity index (χ2v) is 4.74. The van der Waals surface area contributed by atoms with Gasteiger partial charge in [0.15, 0.2) is 0 Å². The van der Waals surface area contributed by atoms with Gasteiger partial charge in [0.1, 0.15) is 0 Å². The average Bonchev–Trinajstić information content (AvgIpc) is 2.52. The normalized spacial score (nSPS) is 29.8. The van der Waals surface area contributed by atoms with Crippen molar-refractivity contribution in [2.75, 3.05) is 19.7 Å². The second-order valence-electron chi connectivity index (χ2n) is 4.74. The Balaban J connectivity index is 2.18. The molecule has 0 spiro atoms. The van der Waals surface area contributed by atoms with Crippen LogP contribution in [0.4, 0.5) is 0 Å². The maximum atomic E-state index is 5.69. The molecule has 0 amide bonds. The topological polar surface area (TPSA) is 47.3 Å². The SMILES string of the molecule is CC1CC(CNC(CN)C(C)C)CO1. The van der Waals surface area contributed by atoms with Crippen LogP contribution in [-0.4, -0.2) is 31.8 Å². The van der Waals surface area contributed by atoms with E-state index in [-0.39, 0.29) is 0 Å². The predicted molar refractivity (Wildman–Crippen MR) is 59.2 cm³/mol. The lowest BCUT2D eigenvalue weighted by Gasteiger charge is -2.22.